The fourth-order valence-electron chi connectivity index (χ4n) is 3.23. The lowest BCUT2D eigenvalue weighted by Gasteiger charge is -2.24. The van der Waals surface area contributed by atoms with Gasteiger partial charge in [0.2, 0.25) is 0 Å². The Morgan fingerprint density at radius 2 is 1.00 bits per heavy atom. The zero-order valence-electron chi connectivity index (χ0n) is 15.0. The maximum atomic E-state index is 3.70. The average Bonchev–Trinajstić information content (AvgIpc) is 2.75. The number of para-hydroxylation sites is 3. The molecule has 2 N–H and O–H groups in total. The van der Waals surface area contributed by atoms with E-state index >= 15 is 0 Å². The van der Waals surface area contributed by atoms with Gasteiger partial charge in [0, 0.05) is 22.6 Å². The Hall–Kier alpha value is -3.52. The van der Waals surface area contributed by atoms with Crippen LogP contribution in [0.25, 0.3) is 0 Å². The first-order chi connectivity index (χ1) is 13.4. The van der Waals surface area contributed by atoms with E-state index in [0.717, 1.165) is 17.1 Å². The van der Waals surface area contributed by atoms with Gasteiger partial charge in [-0.25, -0.2) is 0 Å². The Morgan fingerprint density at radius 3 is 1.67 bits per heavy atom. The summed E-state index contributed by atoms with van der Waals surface area (Å²) in [6, 6.07) is 39.7. The zero-order valence-corrected chi connectivity index (χ0v) is 15.0. The molecule has 1 unspecified atom stereocenters. The molecule has 2 heteroatoms. The van der Waals surface area contributed by atoms with Crippen molar-refractivity contribution in [1.29, 1.82) is 0 Å². The van der Waals surface area contributed by atoms with Crippen LogP contribution in [0.3, 0.4) is 0 Å². The highest BCUT2D eigenvalue weighted by atomic mass is 14.9. The van der Waals surface area contributed by atoms with Gasteiger partial charge in [0.15, 0.2) is 0 Å². The third kappa shape index (κ3) is 4.18. The Balaban J connectivity index is 1.74. The van der Waals surface area contributed by atoms with Crippen LogP contribution in [0.5, 0.6) is 0 Å². The summed E-state index contributed by atoms with van der Waals surface area (Å²) in [5, 5.41) is 7.27. The highest BCUT2D eigenvalue weighted by Gasteiger charge is 2.17. The van der Waals surface area contributed by atoms with Crippen LogP contribution in [-0.2, 0) is 0 Å². The van der Waals surface area contributed by atoms with Crippen molar-refractivity contribution in [1.82, 2.24) is 0 Å². The highest BCUT2D eigenvalue weighted by molar-refractivity contribution is 5.66. The van der Waals surface area contributed by atoms with Crippen LogP contribution in [0, 0.1) is 0 Å². The predicted octanol–water partition coefficient (Wildman–Crippen LogP) is 6.63. The molecule has 0 amide bonds. The lowest BCUT2D eigenvalue weighted by molar-refractivity contribution is 0.941. The molecule has 0 fully saturated rings. The largest absolute Gasteiger partial charge is 0.374 e. The van der Waals surface area contributed by atoms with Gasteiger partial charge >= 0.3 is 0 Å². The lowest BCUT2D eigenvalue weighted by Crippen LogP contribution is -2.14. The molecule has 2 nitrogen and oxygen atoms in total. The van der Waals surface area contributed by atoms with Crippen molar-refractivity contribution in [2.75, 3.05) is 10.6 Å². The standard InChI is InChI=1S/C25H22N2/c1-4-12-20(13-5-1)25(27-22-16-8-3-9-17-22)23-18-10-11-19-24(23)26-21-14-6-2-7-15-21/h1-19,25-27H. The number of benzene rings is 4. The van der Waals surface area contributed by atoms with Gasteiger partial charge in [-0.3, -0.25) is 0 Å². The van der Waals surface area contributed by atoms with Gasteiger partial charge in [0.1, 0.15) is 0 Å². The fraction of sp³-hybridized carbons (Fsp3) is 0.0400. The van der Waals surface area contributed by atoms with E-state index in [9.17, 15) is 0 Å². The van der Waals surface area contributed by atoms with Crippen molar-refractivity contribution in [3.05, 3.63) is 126 Å². The molecule has 0 heterocycles. The zero-order chi connectivity index (χ0) is 18.3. The molecule has 4 rings (SSSR count). The van der Waals surface area contributed by atoms with Crippen molar-refractivity contribution >= 4 is 17.1 Å². The second-order valence-corrected chi connectivity index (χ2v) is 6.43. The predicted molar refractivity (Wildman–Crippen MR) is 115 cm³/mol. The van der Waals surface area contributed by atoms with E-state index in [-0.39, 0.29) is 6.04 Å². The topological polar surface area (TPSA) is 24.1 Å². The summed E-state index contributed by atoms with van der Waals surface area (Å²) < 4.78 is 0. The lowest BCUT2D eigenvalue weighted by atomic mass is 9.96. The molecule has 0 radical (unpaired) electrons. The maximum absolute atomic E-state index is 3.70. The summed E-state index contributed by atoms with van der Waals surface area (Å²) in [5.74, 6) is 0. The quantitative estimate of drug-likeness (QED) is 0.408. The molecule has 0 aliphatic heterocycles. The molecule has 0 aromatic heterocycles. The molecular formula is C25H22N2. The number of hydrogen-bond donors (Lipinski definition) is 2. The molecule has 132 valence electrons. The van der Waals surface area contributed by atoms with Crippen molar-refractivity contribution in [2.45, 2.75) is 6.04 Å². The van der Waals surface area contributed by atoms with Crippen LogP contribution in [0.2, 0.25) is 0 Å². The van der Waals surface area contributed by atoms with Crippen LogP contribution >= 0.6 is 0 Å². The van der Waals surface area contributed by atoms with E-state index in [1.165, 1.54) is 11.1 Å². The van der Waals surface area contributed by atoms with Gasteiger partial charge in [-0.05, 0) is 35.9 Å². The van der Waals surface area contributed by atoms with Gasteiger partial charge in [0.25, 0.3) is 0 Å². The van der Waals surface area contributed by atoms with Crippen LogP contribution in [0.4, 0.5) is 17.1 Å². The van der Waals surface area contributed by atoms with Crippen molar-refractivity contribution in [3.8, 4) is 0 Å². The van der Waals surface area contributed by atoms with Crippen LogP contribution in [0.1, 0.15) is 17.2 Å². The van der Waals surface area contributed by atoms with Gasteiger partial charge in [0.05, 0.1) is 6.04 Å². The molecule has 0 aliphatic rings. The number of anilines is 3. The molecule has 0 spiro atoms. The summed E-state index contributed by atoms with van der Waals surface area (Å²) in [6.07, 6.45) is 0. The summed E-state index contributed by atoms with van der Waals surface area (Å²) in [7, 11) is 0. The maximum Gasteiger partial charge on any atom is 0.0787 e. The van der Waals surface area contributed by atoms with Crippen LogP contribution in [-0.4, -0.2) is 0 Å². The van der Waals surface area contributed by atoms with E-state index in [4.69, 9.17) is 0 Å². The summed E-state index contributed by atoms with van der Waals surface area (Å²) in [4.78, 5) is 0. The van der Waals surface area contributed by atoms with E-state index in [1.807, 2.05) is 24.3 Å². The molecule has 4 aromatic rings. The summed E-state index contributed by atoms with van der Waals surface area (Å²) in [5.41, 5.74) is 5.71. The summed E-state index contributed by atoms with van der Waals surface area (Å²) >= 11 is 0. The first-order valence-electron chi connectivity index (χ1n) is 9.18. The Morgan fingerprint density at radius 1 is 0.481 bits per heavy atom. The van der Waals surface area contributed by atoms with E-state index in [0.29, 0.717) is 0 Å². The minimum atomic E-state index is 0.0426. The molecule has 0 saturated heterocycles. The second kappa shape index (κ2) is 8.24. The molecule has 0 aliphatic carbocycles. The first-order valence-corrected chi connectivity index (χ1v) is 9.18. The number of rotatable bonds is 6. The minimum Gasteiger partial charge on any atom is -0.374 e. The van der Waals surface area contributed by atoms with Crippen molar-refractivity contribution < 1.29 is 0 Å². The monoisotopic (exact) mass is 350 g/mol. The third-order valence-electron chi connectivity index (χ3n) is 4.54. The van der Waals surface area contributed by atoms with Gasteiger partial charge in [-0.2, -0.15) is 0 Å². The van der Waals surface area contributed by atoms with Gasteiger partial charge in [-0.15, -0.1) is 0 Å². The smallest absolute Gasteiger partial charge is 0.0787 e. The minimum absolute atomic E-state index is 0.0426. The van der Waals surface area contributed by atoms with Gasteiger partial charge < -0.3 is 10.6 Å². The first kappa shape index (κ1) is 16.9. The van der Waals surface area contributed by atoms with E-state index < -0.39 is 0 Å². The highest BCUT2D eigenvalue weighted by Crippen LogP contribution is 2.33. The van der Waals surface area contributed by atoms with Crippen LogP contribution < -0.4 is 10.6 Å². The third-order valence-corrected chi connectivity index (χ3v) is 4.54. The summed E-state index contributed by atoms with van der Waals surface area (Å²) in [6.45, 7) is 0. The Labute approximate surface area is 160 Å². The molecule has 0 saturated carbocycles. The normalized spacial score (nSPS) is 11.6. The van der Waals surface area contributed by atoms with Gasteiger partial charge in [-0.1, -0.05) is 84.9 Å². The van der Waals surface area contributed by atoms with Crippen molar-refractivity contribution in [2.24, 2.45) is 0 Å². The number of nitrogens with one attached hydrogen (secondary N) is 2. The molecular weight excluding hydrogens is 328 g/mol. The fourth-order valence-corrected chi connectivity index (χ4v) is 3.23. The van der Waals surface area contributed by atoms with E-state index in [1.54, 1.807) is 0 Å². The van der Waals surface area contributed by atoms with Crippen molar-refractivity contribution in [3.63, 3.8) is 0 Å². The molecule has 27 heavy (non-hydrogen) atoms. The molecule has 1 atom stereocenters. The van der Waals surface area contributed by atoms with E-state index in [2.05, 4.69) is 102 Å². The molecule has 0 bridgehead atoms. The SMILES string of the molecule is c1ccc(Nc2ccccc2C(Nc2ccccc2)c2ccccc2)cc1. The van der Waals surface area contributed by atoms with Crippen LogP contribution in [0.15, 0.2) is 115 Å². The molecule has 4 aromatic carbocycles. The average molecular weight is 350 g/mol. The Bertz CT molecular complexity index is 967. The number of hydrogen-bond acceptors (Lipinski definition) is 2. The second-order valence-electron chi connectivity index (χ2n) is 6.43. The Kier molecular flexibility index (Phi) is 5.16.